The van der Waals surface area contributed by atoms with Crippen LogP contribution in [0.1, 0.15) is 180 Å². The van der Waals surface area contributed by atoms with Gasteiger partial charge >= 0.3 is 0 Å². The molecule has 0 aliphatic heterocycles. The van der Waals surface area contributed by atoms with Crippen LogP contribution in [-0.4, -0.2) is 63.8 Å². The van der Waals surface area contributed by atoms with E-state index in [2.05, 4.69) is 172 Å². The summed E-state index contributed by atoms with van der Waals surface area (Å²) in [6, 6.07) is 36.4. The molecule has 0 bridgehead atoms. The van der Waals surface area contributed by atoms with E-state index in [4.69, 9.17) is 0 Å². The van der Waals surface area contributed by atoms with Crippen molar-refractivity contribution in [1.82, 2.24) is 0 Å². The van der Waals surface area contributed by atoms with Gasteiger partial charge in [-0.25, -0.2) is 0 Å². The predicted octanol–water partition coefficient (Wildman–Crippen LogP) is 16.9. The number of unbranched alkanes of at least 4 members (excludes halogenated alkanes) is 8. The summed E-state index contributed by atoms with van der Waals surface area (Å²) < 4.78 is 0. The summed E-state index contributed by atoms with van der Waals surface area (Å²) in [4.78, 5) is 10.2. The van der Waals surface area contributed by atoms with Crippen molar-refractivity contribution in [2.75, 3.05) is 72.0 Å². The van der Waals surface area contributed by atoms with Gasteiger partial charge in [-0.2, -0.15) is 0 Å². The Labute approximate surface area is 414 Å². The van der Waals surface area contributed by atoms with E-state index in [1.54, 1.807) is 0 Å². The van der Waals surface area contributed by atoms with Crippen molar-refractivity contribution in [3.63, 3.8) is 0 Å². The van der Waals surface area contributed by atoms with Gasteiger partial charge in [-0.05, 0) is 122 Å². The van der Waals surface area contributed by atoms with E-state index < -0.39 is 0 Å². The molecule has 1 aliphatic rings. The molecule has 2 N–H and O–H groups in total. The second-order valence-electron chi connectivity index (χ2n) is 19.2. The van der Waals surface area contributed by atoms with Gasteiger partial charge in [-0.15, -0.1) is 0 Å². The number of allylic oxidation sites excluding steroid dienone is 4. The van der Waals surface area contributed by atoms with Gasteiger partial charge in [-0.3, -0.25) is 10.8 Å². The Morgan fingerprint density at radius 3 is 0.574 bits per heavy atom. The summed E-state index contributed by atoms with van der Waals surface area (Å²) >= 11 is 0. The third kappa shape index (κ3) is 14.5. The zero-order valence-electron chi connectivity index (χ0n) is 44.0. The summed E-state index contributed by atoms with van der Waals surface area (Å²) in [6.07, 6.45) is 18.6. The second-order valence-corrected chi connectivity index (χ2v) is 19.2. The largest absolute Gasteiger partial charge is 0.372 e. The van der Waals surface area contributed by atoms with Crippen molar-refractivity contribution in [2.24, 2.45) is 0 Å². The third-order valence-corrected chi connectivity index (χ3v) is 13.8. The minimum absolute atomic E-state index is 0.274. The highest BCUT2D eigenvalue weighted by molar-refractivity contribution is 6.74. The standard InChI is InChI=1S/C62H90N6/c1-9-17-41-65(42-18-10-2)53-33-25-49(26-34-53)57-58(50-27-35-54(36-28-50)66(43-19-11-3)44-20-12-4)60(52-31-39-56(40-32-52)68(47-23-15-7)48-24-16-8)62(64)61(63)59(57)51-29-37-55(38-30-51)67(45-21-13-5)46-22-14-6/h25-40,63-64H,9-24,41-48H2,1-8H3. The van der Waals surface area contributed by atoms with Crippen LogP contribution in [0, 0.1) is 10.8 Å². The highest BCUT2D eigenvalue weighted by Gasteiger charge is 2.33. The van der Waals surface area contributed by atoms with Crippen molar-refractivity contribution in [1.29, 1.82) is 10.8 Å². The Morgan fingerprint density at radius 2 is 0.412 bits per heavy atom. The van der Waals surface area contributed by atoms with Gasteiger partial charge < -0.3 is 19.6 Å². The van der Waals surface area contributed by atoms with E-state index in [-0.39, 0.29) is 11.4 Å². The SMILES string of the molecule is CCCCN(CCCC)c1ccc(C2=C(c3ccc(N(CCCC)CCCC)cc3)C(c3ccc(N(CCCC)CCCC)cc3)=C(c3ccc(N(CCCC)CCCC)cc3)C(=N)C2=N)cc1. The normalized spacial score (nSPS) is 12.9. The van der Waals surface area contributed by atoms with Crippen LogP contribution in [0.5, 0.6) is 0 Å². The number of rotatable bonds is 32. The number of nitrogens with one attached hydrogen (secondary N) is 2. The molecule has 5 rings (SSSR count). The van der Waals surface area contributed by atoms with Crippen molar-refractivity contribution in [2.45, 2.75) is 158 Å². The second kappa shape index (κ2) is 29.0. The molecule has 6 nitrogen and oxygen atoms in total. The Hall–Kier alpha value is -5.10. The van der Waals surface area contributed by atoms with Crippen molar-refractivity contribution in [3.8, 4) is 0 Å². The molecule has 0 unspecified atom stereocenters. The van der Waals surface area contributed by atoms with E-state index in [0.717, 1.165) is 148 Å². The Kier molecular flexibility index (Phi) is 23.0. The van der Waals surface area contributed by atoms with Gasteiger partial charge in [0.15, 0.2) is 0 Å². The fourth-order valence-corrected chi connectivity index (χ4v) is 9.53. The summed E-state index contributed by atoms with van der Waals surface area (Å²) in [5.74, 6) is 0. The van der Waals surface area contributed by atoms with Crippen molar-refractivity contribution in [3.05, 3.63) is 119 Å². The molecule has 0 saturated carbocycles. The van der Waals surface area contributed by atoms with E-state index in [9.17, 15) is 10.8 Å². The molecule has 0 amide bonds. The lowest BCUT2D eigenvalue weighted by Crippen LogP contribution is -2.26. The minimum atomic E-state index is 0.274. The van der Waals surface area contributed by atoms with E-state index >= 15 is 0 Å². The molecular weight excluding hydrogens is 829 g/mol. The number of hydrogen-bond acceptors (Lipinski definition) is 6. The molecule has 1 aliphatic carbocycles. The van der Waals surface area contributed by atoms with Gasteiger partial charge in [0.2, 0.25) is 0 Å². The lowest BCUT2D eigenvalue weighted by molar-refractivity contribution is 0.678. The molecular formula is C62H90N6. The quantitative estimate of drug-likeness (QED) is 0.0479. The Balaban J connectivity index is 1.80. The first-order valence-electron chi connectivity index (χ1n) is 27.4. The van der Waals surface area contributed by atoms with Crippen LogP contribution < -0.4 is 19.6 Å². The van der Waals surface area contributed by atoms with E-state index in [1.807, 2.05) is 0 Å². The maximum atomic E-state index is 10.1. The molecule has 0 spiro atoms. The topological polar surface area (TPSA) is 60.7 Å². The van der Waals surface area contributed by atoms with Crippen LogP contribution in [0.15, 0.2) is 97.1 Å². The molecule has 0 heterocycles. The van der Waals surface area contributed by atoms with Gasteiger partial charge in [0.25, 0.3) is 0 Å². The van der Waals surface area contributed by atoms with E-state index in [0.29, 0.717) is 0 Å². The number of anilines is 4. The predicted molar refractivity (Wildman–Crippen MR) is 303 cm³/mol. The summed E-state index contributed by atoms with van der Waals surface area (Å²) in [6.45, 7) is 26.5. The lowest BCUT2D eigenvalue weighted by Gasteiger charge is -2.31. The highest BCUT2D eigenvalue weighted by Crippen LogP contribution is 2.48. The van der Waals surface area contributed by atoms with Crippen LogP contribution in [0.4, 0.5) is 22.7 Å². The third-order valence-electron chi connectivity index (χ3n) is 13.8. The number of hydrogen-bond donors (Lipinski definition) is 2. The fourth-order valence-electron chi connectivity index (χ4n) is 9.53. The lowest BCUT2D eigenvalue weighted by atomic mass is 9.73. The van der Waals surface area contributed by atoms with Gasteiger partial charge in [-0.1, -0.05) is 155 Å². The highest BCUT2D eigenvalue weighted by atomic mass is 15.1. The van der Waals surface area contributed by atoms with Gasteiger partial charge in [0, 0.05) is 97.4 Å². The molecule has 0 saturated heterocycles. The Morgan fingerprint density at radius 1 is 0.250 bits per heavy atom. The number of benzene rings is 4. The first kappa shape index (κ1) is 53.8. The molecule has 0 aromatic heterocycles. The summed E-state index contributed by atoms with van der Waals surface area (Å²) in [5.41, 5.74) is 13.3. The summed E-state index contributed by atoms with van der Waals surface area (Å²) in [5, 5.41) is 20.2. The first-order chi connectivity index (χ1) is 33.3. The number of nitrogens with zero attached hydrogens (tertiary/aromatic N) is 4. The van der Waals surface area contributed by atoms with Crippen molar-refractivity contribution < 1.29 is 0 Å². The minimum Gasteiger partial charge on any atom is -0.372 e. The molecule has 6 heteroatoms. The average molecular weight is 919 g/mol. The van der Waals surface area contributed by atoms with Gasteiger partial charge in [0.05, 0.1) is 11.4 Å². The smallest absolute Gasteiger partial charge is 0.0880 e. The molecule has 368 valence electrons. The molecule has 4 aromatic rings. The monoisotopic (exact) mass is 919 g/mol. The average Bonchev–Trinajstić information content (AvgIpc) is 3.37. The van der Waals surface area contributed by atoms with Crippen LogP contribution in [0.3, 0.4) is 0 Å². The molecule has 0 radical (unpaired) electrons. The van der Waals surface area contributed by atoms with Crippen LogP contribution in [0.25, 0.3) is 22.3 Å². The molecule has 0 fully saturated rings. The molecule has 68 heavy (non-hydrogen) atoms. The zero-order valence-corrected chi connectivity index (χ0v) is 44.0. The Bertz CT molecular complexity index is 1970. The van der Waals surface area contributed by atoms with Gasteiger partial charge in [0.1, 0.15) is 0 Å². The van der Waals surface area contributed by atoms with Crippen molar-refractivity contribution >= 4 is 56.5 Å². The van der Waals surface area contributed by atoms with Crippen LogP contribution in [-0.2, 0) is 0 Å². The van der Waals surface area contributed by atoms with Crippen LogP contribution in [0.2, 0.25) is 0 Å². The van der Waals surface area contributed by atoms with E-state index in [1.165, 1.54) is 74.1 Å². The fraction of sp³-hybridized carbons (Fsp3) is 0.516. The first-order valence-corrected chi connectivity index (χ1v) is 27.4. The van der Waals surface area contributed by atoms with Crippen LogP contribution >= 0.6 is 0 Å². The maximum absolute atomic E-state index is 10.1. The maximum Gasteiger partial charge on any atom is 0.0880 e. The molecule has 4 aromatic carbocycles. The molecule has 0 atom stereocenters. The zero-order chi connectivity index (χ0) is 48.7. The summed E-state index contributed by atoms with van der Waals surface area (Å²) in [7, 11) is 0.